The molecule has 1 atom stereocenters. The zero-order valence-corrected chi connectivity index (χ0v) is 12.9. The molecular weight excluding hydrogens is 238 g/mol. The van der Waals surface area contributed by atoms with E-state index in [1.54, 1.807) is 0 Å². The van der Waals surface area contributed by atoms with E-state index in [-0.39, 0.29) is 11.9 Å². The molecule has 4 nitrogen and oxygen atoms in total. The van der Waals surface area contributed by atoms with Crippen molar-refractivity contribution in [3.05, 3.63) is 0 Å². The maximum Gasteiger partial charge on any atom is 0.224 e. The number of likely N-dealkylation sites (tertiary alicyclic amines) is 1. The summed E-state index contributed by atoms with van der Waals surface area (Å²) in [5.74, 6) is 0.289. The summed E-state index contributed by atoms with van der Waals surface area (Å²) in [5, 5.41) is 0. The zero-order chi connectivity index (χ0) is 14.3. The minimum absolute atomic E-state index is 0.189. The van der Waals surface area contributed by atoms with Crippen molar-refractivity contribution in [3.8, 4) is 0 Å². The van der Waals surface area contributed by atoms with Crippen LogP contribution in [0.2, 0.25) is 0 Å². The van der Waals surface area contributed by atoms with Crippen molar-refractivity contribution < 1.29 is 4.79 Å². The summed E-state index contributed by atoms with van der Waals surface area (Å²) < 4.78 is 0. The van der Waals surface area contributed by atoms with Crippen LogP contribution in [0.25, 0.3) is 0 Å². The lowest BCUT2D eigenvalue weighted by Crippen LogP contribution is -2.48. The fraction of sp³-hybridized carbons (Fsp3) is 0.933. The number of nitrogens with zero attached hydrogens (tertiary/aromatic N) is 2. The van der Waals surface area contributed by atoms with Gasteiger partial charge in [0.05, 0.1) is 0 Å². The molecule has 4 heteroatoms. The molecule has 1 heterocycles. The molecule has 1 aliphatic rings. The van der Waals surface area contributed by atoms with Crippen LogP contribution in [-0.2, 0) is 4.79 Å². The van der Waals surface area contributed by atoms with Gasteiger partial charge < -0.3 is 10.6 Å². The molecule has 0 saturated carbocycles. The second kappa shape index (κ2) is 8.54. The maximum atomic E-state index is 12.3. The minimum Gasteiger partial charge on any atom is -0.343 e. The number of rotatable bonds is 7. The number of carbonyl (C=O) groups is 1. The van der Waals surface area contributed by atoms with Crippen molar-refractivity contribution in [2.75, 3.05) is 26.2 Å². The molecule has 19 heavy (non-hydrogen) atoms. The van der Waals surface area contributed by atoms with Crippen molar-refractivity contribution in [3.63, 3.8) is 0 Å². The monoisotopic (exact) mass is 269 g/mol. The molecule has 1 unspecified atom stereocenters. The molecule has 1 rings (SSSR count). The van der Waals surface area contributed by atoms with Crippen LogP contribution in [0.4, 0.5) is 0 Å². The number of piperidine rings is 1. The van der Waals surface area contributed by atoms with Gasteiger partial charge in [-0.05, 0) is 46.1 Å². The van der Waals surface area contributed by atoms with Gasteiger partial charge in [-0.2, -0.15) is 0 Å². The van der Waals surface area contributed by atoms with Crippen molar-refractivity contribution in [2.24, 2.45) is 5.73 Å². The first-order valence-corrected chi connectivity index (χ1v) is 7.83. The second-order valence-electron chi connectivity index (χ2n) is 5.87. The van der Waals surface area contributed by atoms with Crippen LogP contribution in [-0.4, -0.2) is 54.0 Å². The average molecular weight is 269 g/mol. The second-order valence-corrected chi connectivity index (χ2v) is 5.87. The van der Waals surface area contributed by atoms with Gasteiger partial charge in [-0.1, -0.05) is 6.92 Å². The van der Waals surface area contributed by atoms with Crippen LogP contribution in [0.3, 0.4) is 0 Å². The smallest absolute Gasteiger partial charge is 0.224 e. The Morgan fingerprint density at radius 3 is 2.37 bits per heavy atom. The van der Waals surface area contributed by atoms with E-state index >= 15 is 0 Å². The third-order valence-corrected chi connectivity index (χ3v) is 4.01. The van der Waals surface area contributed by atoms with Gasteiger partial charge in [0.25, 0.3) is 0 Å². The first kappa shape index (κ1) is 16.4. The number of nitrogens with two attached hydrogens (primary N) is 1. The highest BCUT2D eigenvalue weighted by molar-refractivity contribution is 5.77. The molecule has 1 saturated heterocycles. The Morgan fingerprint density at radius 2 is 1.89 bits per heavy atom. The molecule has 0 spiro atoms. The van der Waals surface area contributed by atoms with Crippen molar-refractivity contribution in [2.45, 2.75) is 65.0 Å². The summed E-state index contributed by atoms with van der Waals surface area (Å²) in [5.41, 5.74) is 5.91. The molecule has 0 aromatic rings. The van der Waals surface area contributed by atoms with E-state index in [1.165, 1.54) is 6.42 Å². The lowest BCUT2D eigenvalue weighted by Gasteiger charge is -2.35. The van der Waals surface area contributed by atoms with Gasteiger partial charge in [0.1, 0.15) is 0 Å². The number of amides is 1. The molecule has 1 amide bonds. The lowest BCUT2D eigenvalue weighted by molar-refractivity contribution is -0.133. The van der Waals surface area contributed by atoms with Crippen LogP contribution in [0.5, 0.6) is 0 Å². The summed E-state index contributed by atoms with van der Waals surface area (Å²) >= 11 is 0. The number of hydrogen-bond donors (Lipinski definition) is 1. The molecule has 1 aliphatic heterocycles. The van der Waals surface area contributed by atoms with Gasteiger partial charge in [-0.3, -0.25) is 9.69 Å². The van der Waals surface area contributed by atoms with Crippen LogP contribution >= 0.6 is 0 Å². The molecule has 2 N–H and O–H groups in total. The summed E-state index contributed by atoms with van der Waals surface area (Å²) in [6, 6.07) is 0.636. The van der Waals surface area contributed by atoms with E-state index in [4.69, 9.17) is 5.73 Å². The highest BCUT2D eigenvalue weighted by atomic mass is 16.2. The van der Waals surface area contributed by atoms with E-state index in [9.17, 15) is 4.79 Å². The Morgan fingerprint density at radius 1 is 1.26 bits per heavy atom. The van der Waals surface area contributed by atoms with E-state index in [0.717, 1.165) is 38.9 Å². The Bertz CT molecular complexity index is 262. The fourth-order valence-corrected chi connectivity index (χ4v) is 2.93. The molecule has 112 valence electrons. The minimum atomic E-state index is 0.189. The summed E-state index contributed by atoms with van der Waals surface area (Å²) in [6.07, 6.45) is 5.25. The zero-order valence-electron chi connectivity index (χ0n) is 12.9. The van der Waals surface area contributed by atoms with Crippen LogP contribution in [0.15, 0.2) is 0 Å². The molecule has 0 aromatic heterocycles. The predicted molar refractivity (Wildman–Crippen MR) is 80.0 cm³/mol. The van der Waals surface area contributed by atoms with Crippen molar-refractivity contribution in [1.82, 2.24) is 9.80 Å². The number of carbonyl (C=O) groups excluding carboxylic acids is 1. The molecule has 0 bridgehead atoms. The lowest BCUT2D eigenvalue weighted by atomic mass is 10.1. The van der Waals surface area contributed by atoms with Gasteiger partial charge in [0.15, 0.2) is 0 Å². The van der Waals surface area contributed by atoms with Gasteiger partial charge >= 0.3 is 0 Å². The summed E-state index contributed by atoms with van der Waals surface area (Å²) in [6.45, 7) is 10.0. The normalized spacial score (nSPS) is 18.1. The summed E-state index contributed by atoms with van der Waals surface area (Å²) in [7, 11) is 0. The molecule has 0 aromatic carbocycles. The first-order chi connectivity index (χ1) is 9.10. The third kappa shape index (κ3) is 5.11. The van der Waals surface area contributed by atoms with Crippen LogP contribution in [0, 0.1) is 0 Å². The van der Waals surface area contributed by atoms with Gasteiger partial charge in [-0.15, -0.1) is 0 Å². The third-order valence-electron chi connectivity index (χ3n) is 4.01. The molecular formula is C15H31N3O. The molecule has 0 radical (unpaired) electrons. The molecule has 0 aliphatic carbocycles. The largest absolute Gasteiger partial charge is 0.343 e. The highest BCUT2D eigenvalue weighted by Crippen LogP contribution is 2.14. The SMILES string of the molecule is CCCN(C(C)C)C(CN)CC(=O)N1CCCCC1. The van der Waals surface area contributed by atoms with E-state index < -0.39 is 0 Å². The van der Waals surface area contributed by atoms with Gasteiger partial charge in [0, 0.05) is 38.1 Å². The van der Waals surface area contributed by atoms with E-state index in [1.807, 2.05) is 4.90 Å². The molecule has 1 fully saturated rings. The Labute approximate surface area is 118 Å². The fourth-order valence-electron chi connectivity index (χ4n) is 2.93. The summed E-state index contributed by atoms with van der Waals surface area (Å²) in [4.78, 5) is 16.7. The van der Waals surface area contributed by atoms with Gasteiger partial charge in [-0.25, -0.2) is 0 Å². The Balaban J connectivity index is 2.55. The standard InChI is InChI=1S/C15H31N3O/c1-4-8-18(13(2)3)14(12-16)11-15(19)17-9-6-5-7-10-17/h13-14H,4-12,16H2,1-3H3. The number of hydrogen-bond acceptors (Lipinski definition) is 3. The van der Waals surface area contributed by atoms with Crippen molar-refractivity contribution in [1.29, 1.82) is 0 Å². The van der Waals surface area contributed by atoms with Crippen LogP contribution < -0.4 is 5.73 Å². The Kier molecular flexibility index (Phi) is 7.39. The predicted octanol–water partition coefficient (Wildman–Crippen LogP) is 1.84. The van der Waals surface area contributed by atoms with Crippen molar-refractivity contribution >= 4 is 5.91 Å². The first-order valence-electron chi connectivity index (χ1n) is 7.83. The van der Waals surface area contributed by atoms with E-state index in [2.05, 4.69) is 25.7 Å². The van der Waals surface area contributed by atoms with Gasteiger partial charge in [0.2, 0.25) is 5.91 Å². The average Bonchev–Trinajstić information content (AvgIpc) is 2.43. The quantitative estimate of drug-likeness (QED) is 0.767. The van der Waals surface area contributed by atoms with Crippen LogP contribution in [0.1, 0.15) is 52.9 Å². The van der Waals surface area contributed by atoms with E-state index in [0.29, 0.717) is 19.0 Å². The highest BCUT2D eigenvalue weighted by Gasteiger charge is 2.25. The Hall–Kier alpha value is -0.610. The topological polar surface area (TPSA) is 49.6 Å². The maximum absolute atomic E-state index is 12.3.